The molecule has 1 aromatic rings. The van der Waals surface area contributed by atoms with Crippen molar-refractivity contribution in [2.75, 3.05) is 0 Å². The fourth-order valence-electron chi connectivity index (χ4n) is 1.82. The van der Waals surface area contributed by atoms with Gasteiger partial charge in [-0.05, 0) is 25.5 Å². The van der Waals surface area contributed by atoms with Gasteiger partial charge in [0.1, 0.15) is 5.82 Å². The van der Waals surface area contributed by atoms with E-state index >= 15 is 0 Å². The van der Waals surface area contributed by atoms with Gasteiger partial charge >= 0.3 is 0 Å². The maximum Gasteiger partial charge on any atom is 0.245 e. The molecule has 0 saturated carbocycles. The van der Waals surface area contributed by atoms with Crippen LogP contribution < -0.4 is 5.32 Å². The number of amides is 1. The molecule has 1 aromatic carbocycles. The number of rotatable bonds is 1. The number of halogens is 1. The molecule has 0 atom stereocenters. The van der Waals surface area contributed by atoms with Crippen LogP contribution in [0.5, 0.6) is 0 Å². The molecule has 0 aromatic heterocycles. The molecule has 1 N–H and O–H groups in total. The third-order valence-electron chi connectivity index (χ3n) is 2.55. The van der Waals surface area contributed by atoms with Crippen molar-refractivity contribution in [3.63, 3.8) is 0 Å². The second kappa shape index (κ2) is 3.19. The van der Waals surface area contributed by atoms with Crippen molar-refractivity contribution in [3.05, 3.63) is 41.7 Å². The molecular formula is C12H12FNO. The molecule has 2 rings (SSSR count). The lowest BCUT2D eigenvalue weighted by molar-refractivity contribution is -0.116. The third kappa shape index (κ3) is 1.65. The van der Waals surface area contributed by atoms with E-state index in [2.05, 4.69) is 5.32 Å². The summed E-state index contributed by atoms with van der Waals surface area (Å²) >= 11 is 0. The van der Waals surface area contributed by atoms with Gasteiger partial charge in [-0.1, -0.05) is 18.2 Å². The molecule has 0 spiro atoms. The van der Waals surface area contributed by atoms with E-state index in [1.54, 1.807) is 18.2 Å². The van der Waals surface area contributed by atoms with E-state index in [-0.39, 0.29) is 11.7 Å². The topological polar surface area (TPSA) is 29.1 Å². The first-order chi connectivity index (χ1) is 7.00. The summed E-state index contributed by atoms with van der Waals surface area (Å²) in [5, 5.41) is 2.77. The minimum atomic E-state index is -0.501. The van der Waals surface area contributed by atoms with Crippen LogP contribution in [0.25, 0.3) is 5.57 Å². The zero-order chi connectivity index (χ0) is 11.1. The standard InChI is InChI=1S/C12H12FNO/c1-12(2)9(7-11(15)14-12)8-5-3-4-6-10(8)13/h3-7H,1-2H3,(H,14,15). The Morgan fingerprint density at radius 3 is 2.47 bits per heavy atom. The van der Waals surface area contributed by atoms with E-state index in [1.165, 1.54) is 12.1 Å². The highest BCUT2D eigenvalue weighted by molar-refractivity contribution is 6.03. The molecule has 0 fully saturated rings. The smallest absolute Gasteiger partial charge is 0.245 e. The summed E-state index contributed by atoms with van der Waals surface area (Å²) in [5.74, 6) is -0.466. The summed E-state index contributed by atoms with van der Waals surface area (Å²) in [6.45, 7) is 3.71. The minimum Gasteiger partial charge on any atom is -0.344 e. The fraction of sp³-hybridized carbons (Fsp3) is 0.250. The second-order valence-corrected chi connectivity index (χ2v) is 4.15. The lowest BCUT2D eigenvalue weighted by atomic mass is 9.90. The van der Waals surface area contributed by atoms with Crippen molar-refractivity contribution in [2.45, 2.75) is 19.4 Å². The molecule has 1 amide bonds. The summed E-state index contributed by atoms with van der Waals surface area (Å²) in [6, 6.07) is 6.48. The van der Waals surface area contributed by atoms with Crippen LogP contribution in [0.3, 0.4) is 0 Å². The number of benzene rings is 1. The highest BCUT2D eigenvalue weighted by Gasteiger charge is 2.33. The van der Waals surface area contributed by atoms with Crippen molar-refractivity contribution in [3.8, 4) is 0 Å². The fourth-order valence-corrected chi connectivity index (χ4v) is 1.82. The Morgan fingerprint density at radius 2 is 1.93 bits per heavy atom. The summed E-state index contributed by atoms with van der Waals surface area (Å²) in [5.41, 5.74) is 0.686. The minimum absolute atomic E-state index is 0.168. The molecule has 0 bridgehead atoms. The van der Waals surface area contributed by atoms with E-state index in [4.69, 9.17) is 0 Å². The summed E-state index contributed by atoms with van der Waals surface area (Å²) < 4.78 is 13.5. The highest BCUT2D eigenvalue weighted by atomic mass is 19.1. The van der Waals surface area contributed by atoms with E-state index in [0.29, 0.717) is 11.1 Å². The largest absolute Gasteiger partial charge is 0.344 e. The van der Waals surface area contributed by atoms with Gasteiger partial charge in [-0.25, -0.2) is 4.39 Å². The molecule has 1 aliphatic heterocycles. The van der Waals surface area contributed by atoms with Crippen LogP contribution in [0.4, 0.5) is 4.39 Å². The average molecular weight is 205 g/mol. The quantitative estimate of drug-likeness (QED) is 0.747. The van der Waals surface area contributed by atoms with Gasteiger partial charge < -0.3 is 5.32 Å². The first-order valence-corrected chi connectivity index (χ1v) is 4.80. The van der Waals surface area contributed by atoms with E-state index in [1.807, 2.05) is 13.8 Å². The lowest BCUT2D eigenvalue weighted by Crippen LogP contribution is -2.37. The number of hydrogen-bond donors (Lipinski definition) is 1. The van der Waals surface area contributed by atoms with Crippen molar-refractivity contribution in [1.82, 2.24) is 5.32 Å². The Hall–Kier alpha value is -1.64. The molecule has 78 valence electrons. The molecule has 3 heteroatoms. The zero-order valence-electron chi connectivity index (χ0n) is 8.67. The maximum absolute atomic E-state index is 13.5. The predicted octanol–water partition coefficient (Wildman–Crippen LogP) is 2.12. The average Bonchev–Trinajstić information content (AvgIpc) is 2.40. The number of nitrogens with one attached hydrogen (secondary N) is 1. The first kappa shape index (κ1) is 9.90. The predicted molar refractivity (Wildman–Crippen MR) is 56.6 cm³/mol. The molecule has 2 nitrogen and oxygen atoms in total. The van der Waals surface area contributed by atoms with Crippen LogP contribution in [-0.2, 0) is 4.79 Å². The van der Waals surface area contributed by atoms with Gasteiger partial charge in [0.15, 0.2) is 0 Å². The van der Waals surface area contributed by atoms with Crippen LogP contribution in [0.1, 0.15) is 19.4 Å². The van der Waals surface area contributed by atoms with Crippen molar-refractivity contribution >= 4 is 11.5 Å². The van der Waals surface area contributed by atoms with Gasteiger partial charge in [-0.2, -0.15) is 0 Å². The van der Waals surface area contributed by atoms with E-state index in [9.17, 15) is 9.18 Å². The SMILES string of the molecule is CC1(C)NC(=O)C=C1c1ccccc1F. The van der Waals surface area contributed by atoms with Gasteiger partial charge in [-0.3, -0.25) is 4.79 Å². The molecule has 0 saturated heterocycles. The van der Waals surface area contributed by atoms with Crippen LogP contribution >= 0.6 is 0 Å². The number of carbonyl (C=O) groups is 1. The van der Waals surface area contributed by atoms with Gasteiger partial charge in [0.25, 0.3) is 0 Å². The molecular weight excluding hydrogens is 193 g/mol. The first-order valence-electron chi connectivity index (χ1n) is 4.80. The van der Waals surface area contributed by atoms with Gasteiger partial charge in [0.05, 0.1) is 5.54 Å². The number of carbonyl (C=O) groups excluding carboxylic acids is 1. The van der Waals surface area contributed by atoms with Crippen LogP contribution in [0, 0.1) is 5.82 Å². The summed E-state index contributed by atoms with van der Waals surface area (Å²) in [4.78, 5) is 11.2. The Bertz CT molecular complexity index is 449. The Labute approximate surface area is 87.8 Å². The molecule has 1 aliphatic rings. The Kier molecular flexibility index (Phi) is 2.11. The monoisotopic (exact) mass is 205 g/mol. The molecule has 15 heavy (non-hydrogen) atoms. The molecule has 1 heterocycles. The maximum atomic E-state index is 13.5. The normalized spacial score (nSPS) is 18.6. The van der Waals surface area contributed by atoms with E-state index in [0.717, 1.165) is 0 Å². The van der Waals surface area contributed by atoms with Gasteiger partial charge in [0, 0.05) is 11.6 Å². The zero-order valence-corrected chi connectivity index (χ0v) is 8.67. The Morgan fingerprint density at radius 1 is 1.27 bits per heavy atom. The Balaban J connectivity index is 2.53. The second-order valence-electron chi connectivity index (χ2n) is 4.15. The van der Waals surface area contributed by atoms with Crippen molar-refractivity contribution in [1.29, 1.82) is 0 Å². The molecule has 0 aliphatic carbocycles. The summed E-state index contributed by atoms with van der Waals surface area (Å²) in [6.07, 6.45) is 1.46. The number of hydrogen-bond acceptors (Lipinski definition) is 1. The van der Waals surface area contributed by atoms with Crippen LogP contribution in [0.2, 0.25) is 0 Å². The van der Waals surface area contributed by atoms with E-state index < -0.39 is 5.54 Å². The van der Waals surface area contributed by atoms with Crippen molar-refractivity contribution < 1.29 is 9.18 Å². The third-order valence-corrected chi connectivity index (χ3v) is 2.55. The van der Waals surface area contributed by atoms with Gasteiger partial charge in [0.2, 0.25) is 5.91 Å². The van der Waals surface area contributed by atoms with Gasteiger partial charge in [-0.15, -0.1) is 0 Å². The van der Waals surface area contributed by atoms with Crippen LogP contribution in [-0.4, -0.2) is 11.4 Å². The lowest BCUT2D eigenvalue weighted by Gasteiger charge is -2.23. The highest BCUT2D eigenvalue weighted by Crippen LogP contribution is 2.31. The van der Waals surface area contributed by atoms with Crippen molar-refractivity contribution in [2.24, 2.45) is 0 Å². The van der Waals surface area contributed by atoms with Crippen LogP contribution in [0.15, 0.2) is 30.3 Å². The molecule has 0 unspecified atom stereocenters. The summed E-state index contributed by atoms with van der Waals surface area (Å²) in [7, 11) is 0. The molecule has 0 radical (unpaired) electrons.